The van der Waals surface area contributed by atoms with Gasteiger partial charge in [0.25, 0.3) is 0 Å². The Morgan fingerprint density at radius 1 is 1.00 bits per heavy atom. The first-order chi connectivity index (χ1) is 3.91. The van der Waals surface area contributed by atoms with E-state index in [0.717, 1.165) is 6.42 Å². The quantitative estimate of drug-likeness (QED) is 0.563. The Kier molecular flexibility index (Phi) is 126. The highest BCUT2D eigenvalue weighted by molar-refractivity contribution is 4.10. The zero-order chi connectivity index (χ0) is 7.41. The van der Waals surface area contributed by atoms with Crippen molar-refractivity contribution < 1.29 is 5.11 Å². The summed E-state index contributed by atoms with van der Waals surface area (Å²) in [5.41, 5.74) is 0. The van der Waals surface area contributed by atoms with E-state index < -0.39 is 0 Å². The Labute approximate surface area is 53.7 Å². The third kappa shape index (κ3) is 159. The molecule has 54 valence electrons. The molecule has 1 nitrogen and oxygen atoms in total. The zero-order valence-corrected chi connectivity index (χ0v) is 6.86. The largest absolute Gasteiger partial charge is 0.396 e. The van der Waals surface area contributed by atoms with Gasteiger partial charge in [-0.05, 0) is 6.42 Å². The van der Waals surface area contributed by atoms with Gasteiger partial charge in [-0.1, -0.05) is 34.6 Å². The van der Waals surface area contributed by atoms with E-state index in [-0.39, 0.29) is 0 Å². The average molecular weight is 120 g/mol. The van der Waals surface area contributed by atoms with E-state index in [1.165, 1.54) is 0 Å². The molecule has 0 aliphatic carbocycles. The first-order valence-electron chi connectivity index (χ1n) is 3.52. The highest BCUT2D eigenvalue weighted by Crippen LogP contribution is 1.61. The van der Waals surface area contributed by atoms with Crippen LogP contribution in [0.3, 0.4) is 0 Å². The van der Waals surface area contributed by atoms with E-state index in [0.29, 0.717) is 6.61 Å². The minimum Gasteiger partial charge on any atom is -0.396 e. The van der Waals surface area contributed by atoms with Gasteiger partial charge in [0.15, 0.2) is 0 Å². The number of rotatable bonds is 1. The minimum atomic E-state index is 0.319. The summed E-state index contributed by atoms with van der Waals surface area (Å²) in [6.45, 7) is 10.2. The fourth-order valence-corrected chi connectivity index (χ4v) is 0. The van der Waals surface area contributed by atoms with E-state index in [1.54, 1.807) is 0 Å². The third-order valence-corrected chi connectivity index (χ3v) is 0.224. The summed E-state index contributed by atoms with van der Waals surface area (Å²) in [5.74, 6) is 0. The molecule has 8 heavy (non-hydrogen) atoms. The van der Waals surface area contributed by atoms with Crippen molar-refractivity contribution in [1.29, 1.82) is 0 Å². The van der Waals surface area contributed by atoms with Gasteiger partial charge in [0.05, 0.1) is 0 Å². The molecule has 0 spiro atoms. The predicted molar refractivity (Wildman–Crippen MR) is 40.1 cm³/mol. The van der Waals surface area contributed by atoms with Crippen molar-refractivity contribution in [2.24, 2.45) is 0 Å². The first kappa shape index (κ1) is 15.7. The monoisotopic (exact) mass is 120 g/mol. The van der Waals surface area contributed by atoms with Crippen molar-refractivity contribution in [3.05, 3.63) is 0 Å². The van der Waals surface area contributed by atoms with Crippen molar-refractivity contribution in [3.8, 4) is 0 Å². The highest BCUT2D eigenvalue weighted by Gasteiger charge is 1.57. The van der Waals surface area contributed by atoms with Crippen LogP contribution in [0, 0.1) is 0 Å². The summed E-state index contributed by atoms with van der Waals surface area (Å²) in [4.78, 5) is 0. The molecule has 0 bridgehead atoms. The molecule has 0 fully saturated rings. The topological polar surface area (TPSA) is 20.2 Å². The van der Waals surface area contributed by atoms with Crippen molar-refractivity contribution >= 4 is 0 Å². The molecule has 0 aliphatic heterocycles. The molecule has 0 aliphatic rings. The van der Waals surface area contributed by atoms with Crippen molar-refractivity contribution in [3.63, 3.8) is 0 Å². The lowest BCUT2D eigenvalue weighted by Gasteiger charge is -1.69. The van der Waals surface area contributed by atoms with Crippen LogP contribution in [-0.4, -0.2) is 11.7 Å². The lowest BCUT2D eigenvalue weighted by Crippen LogP contribution is -1.69. The van der Waals surface area contributed by atoms with Crippen molar-refractivity contribution in [2.45, 2.75) is 41.0 Å². The van der Waals surface area contributed by atoms with Gasteiger partial charge in [0.1, 0.15) is 0 Å². The van der Waals surface area contributed by atoms with Crippen LogP contribution >= 0.6 is 0 Å². The van der Waals surface area contributed by atoms with Crippen LogP contribution in [0.1, 0.15) is 41.0 Å². The summed E-state index contributed by atoms with van der Waals surface area (Å²) in [7, 11) is 0. The molecule has 0 saturated carbocycles. The molecule has 0 saturated heterocycles. The van der Waals surface area contributed by atoms with Crippen molar-refractivity contribution in [2.75, 3.05) is 6.61 Å². The van der Waals surface area contributed by atoms with Crippen LogP contribution < -0.4 is 0 Å². The standard InChI is InChI=1S/C3H8O.2C2H6/c1-2-3-4;2*1-2/h4H,2-3H2,1H3;2*1-2H3. The van der Waals surface area contributed by atoms with Gasteiger partial charge in [-0.15, -0.1) is 0 Å². The summed E-state index contributed by atoms with van der Waals surface area (Å²) in [5, 5.41) is 7.88. The first-order valence-corrected chi connectivity index (χ1v) is 3.52. The molecule has 0 rings (SSSR count). The molecule has 0 aromatic carbocycles. The van der Waals surface area contributed by atoms with Crippen LogP contribution in [0.15, 0.2) is 0 Å². The maximum atomic E-state index is 7.88. The van der Waals surface area contributed by atoms with E-state index >= 15 is 0 Å². The summed E-state index contributed by atoms with van der Waals surface area (Å²) >= 11 is 0. The Hall–Kier alpha value is -0.0400. The maximum Gasteiger partial charge on any atom is 0.0428 e. The van der Waals surface area contributed by atoms with E-state index in [9.17, 15) is 0 Å². The molecule has 0 unspecified atom stereocenters. The van der Waals surface area contributed by atoms with Gasteiger partial charge in [0, 0.05) is 6.61 Å². The second-order valence-electron chi connectivity index (χ2n) is 0.724. The smallest absolute Gasteiger partial charge is 0.0428 e. The molecule has 0 aromatic rings. The Morgan fingerprint density at radius 2 is 1.12 bits per heavy atom. The fraction of sp³-hybridized carbons (Fsp3) is 1.00. The van der Waals surface area contributed by atoms with Gasteiger partial charge >= 0.3 is 0 Å². The molecule has 0 aromatic heterocycles. The highest BCUT2D eigenvalue weighted by atomic mass is 16.2. The van der Waals surface area contributed by atoms with E-state index in [2.05, 4.69) is 0 Å². The Balaban J connectivity index is -0.0000000542. The molecule has 0 amide bonds. The summed E-state index contributed by atoms with van der Waals surface area (Å²) in [6.07, 6.45) is 0.875. The van der Waals surface area contributed by atoms with Gasteiger partial charge in [-0.25, -0.2) is 0 Å². The minimum absolute atomic E-state index is 0.319. The SMILES string of the molecule is CC.CC.CCCO. The molecule has 0 heterocycles. The second kappa shape index (κ2) is 64.4. The van der Waals surface area contributed by atoms with Crippen LogP contribution in [0.5, 0.6) is 0 Å². The third-order valence-electron chi connectivity index (χ3n) is 0.224. The normalized spacial score (nSPS) is 5.25. The number of hydrogen-bond donors (Lipinski definition) is 1. The van der Waals surface area contributed by atoms with Crippen LogP contribution in [-0.2, 0) is 0 Å². The molecule has 1 N–H and O–H groups in total. The molecule has 0 radical (unpaired) electrons. The van der Waals surface area contributed by atoms with E-state index in [1.807, 2.05) is 34.6 Å². The lowest BCUT2D eigenvalue weighted by molar-refractivity contribution is 0.295. The number of aliphatic hydroxyl groups excluding tert-OH is 1. The van der Waals surface area contributed by atoms with Crippen LogP contribution in [0.4, 0.5) is 0 Å². The van der Waals surface area contributed by atoms with Gasteiger partial charge < -0.3 is 5.11 Å². The molecular formula is C7H20O. The van der Waals surface area contributed by atoms with Crippen LogP contribution in [0.25, 0.3) is 0 Å². The van der Waals surface area contributed by atoms with Gasteiger partial charge in [-0.2, -0.15) is 0 Å². The van der Waals surface area contributed by atoms with E-state index in [4.69, 9.17) is 5.11 Å². The number of hydrogen-bond acceptors (Lipinski definition) is 1. The summed E-state index contributed by atoms with van der Waals surface area (Å²) < 4.78 is 0. The second-order valence-corrected chi connectivity index (χ2v) is 0.724. The van der Waals surface area contributed by atoms with Gasteiger partial charge in [0.2, 0.25) is 0 Å². The molecule has 1 heteroatoms. The van der Waals surface area contributed by atoms with Crippen LogP contribution in [0.2, 0.25) is 0 Å². The van der Waals surface area contributed by atoms with Crippen molar-refractivity contribution in [1.82, 2.24) is 0 Å². The Bertz CT molecular complexity index is 6.35. The summed E-state index contributed by atoms with van der Waals surface area (Å²) in [6, 6.07) is 0. The fourth-order valence-electron chi connectivity index (χ4n) is 0. The number of aliphatic hydroxyl groups is 1. The predicted octanol–water partition coefficient (Wildman–Crippen LogP) is 2.44. The molecular weight excluding hydrogens is 100 g/mol. The zero-order valence-electron chi connectivity index (χ0n) is 6.86. The maximum absolute atomic E-state index is 7.88. The lowest BCUT2D eigenvalue weighted by atomic mass is 10.5. The Morgan fingerprint density at radius 3 is 1.12 bits per heavy atom. The average Bonchev–Trinajstić information content (AvgIpc) is 1.96. The molecule has 0 atom stereocenters. The van der Waals surface area contributed by atoms with Gasteiger partial charge in [-0.3, -0.25) is 0 Å².